The van der Waals surface area contributed by atoms with Crippen molar-refractivity contribution in [3.8, 4) is 11.5 Å². The first-order valence-corrected chi connectivity index (χ1v) is 8.88. The van der Waals surface area contributed by atoms with E-state index in [0.29, 0.717) is 19.3 Å². The van der Waals surface area contributed by atoms with Crippen LogP contribution in [-0.2, 0) is 6.54 Å². The van der Waals surface area contributed by atoms with Crippen molar-refractivity contribution in [2.75, 3.05) is 39.6 Å². The molecule has 5 heteroatoms. The molecule has 21 heavy (non-hydrogen) atoms. The number of fused-ring (bicyclic) bond motifs is 1. The lowest BCUT2D eigenvalue weighted by Crippen LogP contribution is -2.35. The quantitative estimate of drug-likeness (QED) is 0.845. The van der Waals surface area contributed by atoms with Crippen LogP contribution in [0.25, 0.3) is 0 Å². The monoisotopic (exact) mass is 308 g/mol. The second-order valence-corrected chi connectivity index (χ2v) is 6.56. The Kier molecular flexibility index (Phi) is 4.93. The lowest BCUT2D eigenvalue weighted by molar-refractivity contribution is 0.171. The van der Waals surface area contributed by atoms with Gasteiger partial charge in [0.2, 0.25) is 0 Å². The van der Waals surface area contributed by atoms with Gasteiger partial charge in [0.15, 0.2) is 11.5 Å². The lowest BCUT2D eigenvalue weighted by Gasteiger charge is -2.22. The molecule has 0 bridgehead atoms. The molecule has 1 fully saturated rings. The molecule has 1 saturated heterocycles. The van der Waals surface area contributed by atoms with Crippen molar-refractivity contribution >= 4 is 11.8 Å². The maximum atomic E-state index is 5.69. The summed E-state index contributed by atoms with van der Waals surface area (Å²) in [5.74, 6) is 1.76. The van der Waals surface area contributed by atoms with Gasteiger partial charge in [0.25, 0.3) is 0 Å². The summed E-state index contributed by atoms with van der Waals surface area (Å²) in [6, 6.07) is 4.92. The van der Waals surface area contributed by atoms with Gasteiger partial charge in [-0.1, -0.05) is 0 Å². The van der Waals surface area contributed by atoms with Crippen LogP contribution in [0, 0.1) is 0 Å². The molecule has 4 nitrogen and oxygen atoms in total. The molecule has 0 spiro atoms. The fourth-order valence-corrected chi connectivity index (χ4v) is 3.67. The summed E-state index contributed by atoms with van der Waals surface area (Å²) in [6.07, 6.45) is 4.74. The van der Waals surface area contributed by atoms with E-state index >= 15 is 0 Å². The predicted octanol–water partition coefficient (Wildman–Crippen LogP) is 2.36. The summed E-state index contributed by atoms with van der Waals surface area (Å²) in [4.78, 5) is 3.72. The zero-order valence-electron chi connectivity index (χ0n) is 12.9. The summed E-state index contributed by atoms with van der Waals surface area (Å²) in [7, 11) is 2.22. The minimum absolute atomic E-state index is 0.644. The lowest BCUT2D eigenvalue weighted by atomic mass is 10.1. The van der Waals surface area contributed by atoms with E-state index in [9.17, 15) is 0 Å². The molecule has 0 amide bonds. The van der Waals surface area contributed by atoms with E-state index in [1.165, 1.54) is 29.8 Å². The molecule has 1 aromatic rings. The topological polar surface area (TPSA) is 33.7 Å². The number of thioether (sulfide) groups is 1. The summed E-state index contributed by atoms with van der Waals surface area (Å²) in [5.41, 5.74) is 1.30. The maximum absolute atomic E-state index is 5.69. The van der Waals surface area contributed by atoms with E-state index < -0.39 is 0 Å². The van der Waals surface area contributed by atoms with E-state index in [1.54, 1.807) is 11.8 Å². The van der Waals surface area contributed by atoms with Crippen molar-refractivity contribution in [3.63, 3.8) is 0 Å². The Hall–Kier alpha value is -0.910. The molecule has 0 aromatic heterocycles. The molecule has 1 N–H and O–H groups in total. The number of likely N-dealkylation sites (N-methyl/N-ethyl adjacent to an activating group) is 1. The summed E-state index contributed by atoms with van der Waals surface area (Å²) >= 11 is 1.77. The number of benzene rings is 1. The second kappa shape index (κ2) is 6.90. The van der Waals surface area contributed by atoms with Crippen LogP contribution in [0.15, 0.2) is 17.0 Å². The number of ether oxygens (including phenoxy) is 2. The highest BCUT2D eigenvalue weighted by Crippen LogP contribution is 2.36. The third-order valence-corrected chi connectivity index (χ3v) is 5.13. The molecule has 1 unspecified atom stereocenters. The summed E-state index contributed by atoms with van der Waals surface area (Å²) in [5, 5.41) is 3.60. The number of hydrogen-bond acceptors (Lipinski definition) is 5. The zero-order valence-corrected chi connectivity index (χ0v) is 13.7. The molecule has 116 valence electrons. The first-order chi connectivity index (χ1) is 10.3. The van der Waals surface area contributed by atoms with Crippen molar-refractivity contribution in [2.24, 2.45) is 0 Å². The Bertz CT molecular complexity index is 495. The summed E-state index contributed by atoms with van der Waals surface area (Å²) < 4.78 is 11.3. The van der Waals surface area contributed by atoms with E-state index in [4.69, 9.17) is 9.47 Å². The normalized spacial score (nSPS) is 21.7. The smallest absolute Gasteiger partial charge is 0.162 e. The minimum atomic E-state index is 0.644. The largest absolute Gasteiger partial charge is 0.486 e. The van der Waals surface area contributed by atoms with Crippen LogP contribution in [0.5, 0.6) is 11.5 Å². The molecule has 2 heterocycles. The highest BCUT2D eigenvalue weighted by Gasteiger charge is 2.20. The standard InChI is InChI=1S/C16H24N2O2S/c1-18-5-3-4-13(18)11-17-10-12-8-14-15(9-16(12)21-2)20-7-6-19-14/h8-9,13,17H,3-7,10-11H2,1-2H3. The predicted molar refractivity (Wildman–Crippen MR) is 86.6 cm³/mol. The van der Waals surface area contributed by atoms with Gasteiger partial charge in [-0.15, -0.1) is 11.8 Å². The van der Waals surface area contributed by atoms with Crippen LogP contribution >= 0.6 is 11.8 Å². The van der Waals surface area contributed by atoms with Gasteiger partial charge in [-0.2, -0.15) is 0 Å². The Morgan fingerprint density at radius 3 is 2.71 bits per heavy atom. The Morgan fingerprint density at radius 1 is 1.29 bits per heavy atom. The van der Waals surface area contributed by atoms with Crippen LogP contribution in [0.4, 0.5) is 0 Å². The van der Waals surface area contributed by atoms with Gasteiger partial charge in [-0.25, -0.2) is 0 Å². The van der Waals surface area contributed by atoms with Gasteiger partial charge in [0, 0.05) is 24.0 Å². The maximum Gasteiger partial charge on any atom is 0.162 e. The summed E-state index contributed by atoms with van der Waals surface area (Å²) in [6.45, 7) is 4.46. The molecule has 0 aliphatic carbocycles. The first-order valence-electron chi connectivity index (χ1n) is 7.65. The molecule has 1 atom stereocenters. The molecular weight excluding hydrogens is 284 g/mol. The van der Waals surface area contributed by atoms with Crippen LogP contribution in [-0.4, -0.2) is 50.5 Å². The third-order valence-electron chi connectivity index (χ3n) is 4.31. The number of hydrogen-bond donors (Lipinski definition) is 1. The van der Waals surface area contributed by atoms with Gasteiger partial charge in [0.05, 0.1) is 0 Å². The molecule has 3 rings (SSSR count). The van der Waals surface area contributed by atoms with Crippen LogP contribution in [0.1, 0.15) is 18.4 Å². The van der Waals surface area contributed by atoms with Gasteiger partial charge in [-0.3, -0.25) is 0 Å². The van der Waals surface area contributed by atoms with Crippen LogP contribution < -0.4 is 14.8 Å². The van der Waals surface area contributed by atoms with Crippen molar-refractivity contribution in [2.45, 2.75) is 30.3 Å². The molecule has 2 aliphatic heterocycles. The second-order valence-electron chi connectivity index (χ2n) is 5.72. The van der Waals surface area contributed by atoms with E-state index in [-0.39, 0.29) is 0 Å². The Labute approximate surface area is 131 Å². The van der Waals surface area contributed by atoms with Crippen molar-refractivity contribution in [1.82, 2.24) is 10.2 Å². The minimum Gasteiger partial charge on any atom is -0.486 e. The molecule has 2 aliphatic rings. The number of nitrogens with zero attached hydrogens (tertiary/aromatic N) is 1. The molecule has 0 radical (unpaired) electrons. The number of likely N-dealkylation sites (tertiary alicyclic amines) is 1. The number of rotatable bonds is 5. The van der Waals surface area contributed by atoms with Crippen molar-refractivity contribution in [1.29, 1.82) is 0 Å². The van der Waals surface area contributed by atoms with Gasteiger partial charge in [0.1, 0.15) is 13.2 Å². The SMILES string of the molecule is CSc1cc2c(cc1CNCC1CCCN1C)OCCO2. The Morgan fingerprint density at radius 2 is 2.05 bits per heavy atom. The zero-order chi connectivity index (χ0) is 14.7. The molecular formula is C16H24N2O2S. The number of nitrogens with one attached hydrogen (secondary N) is 1. The first kappa shape index (κ1) is 15.0. The van der Waals surface area contributed by atoms with Crippen LogP contribution in [0.2, 0.25) is 0 Å². The van der Waals surface area contributed by atoms with Gasteiger partial charge in [-0.05, 0) is 50.4 Å². The fraction of sp³-hybridized carbons (Fsp3) is 0.625. The van der Waals surface area contributed by atoms with E-state index in [1.807, 2.05) is 0 Å². The fourth-order valence-electron chi connectivity index (χ4n) is 3.05. The van der Waals surface area contributed by atoms with Gasteiger partial charge < -0.3 is 19.7 Å². The Balaban J connectivity index is 1.63. The van der Waals surface area contributed by atoms with E-state index in [2.05, 4.69) is 35.7 Å². The highest BCUT2D eigenvalue weighted by atomic mass is 32.2. The average Bonchev–Trinajstić information content (AvgIpc) is 2.92. The van der Waals surface area contributed by atoms with Crippen molar-refractivity contribution < 1.29 is 9.47 Å². The van der Waals surface area contributed by atoms with E-state index in [0.717, 1.165) is 24.6 Å². The highest BCUT2D eigenvalue weighted by molar-refractivity contribution is 7.98. The molecule has 0 saturated carbocycles. The van der Waals surface area contributed by atoms with Gasteiger partial charge >= 0.3 is 0 Å². The average molecular weight is 308 g/mol. The van der Waals surface area contributed by atoms with Crippen molar-refractivity contribution in [3.05, 3.63) is 17.7 Å². The van der Waals surface area contributed by atoms with Crippen LogP contribution in [0.3, 0.4) is 0 Å². The third kappa shape index (κ3) is 3.47. The molecule has 1 aromatic carbocycles.